The van der Waals surface area contributed by atoms with Crippen LogP contribution in [0.4, 0.5) is 4.39 Å². The van der Waals surface area contributed by atoms with E-state index >= 15 is 0 Å². The lowest BCUT2D eigenvalue weighted by molar-refractivity contribution is 0.481. The van der Waals surface area contributed by atoms with Crippen LogP contribution >= 0.6 is 0 Å². The quantitative estimate of drug-likeness (QED) is 0.576. The third-order valence-corrected chi connectivity index (χ3v) is 3.03. The minimum Gasteiger partial charge on any atom is -0.271 e. The molecule has 0 amide bonds. The summed E-state index contributed by atoms with van der Waals surface area (Å²) in [5.74, 6) is 6.21. The van der Waals surface area contributed by atoms with Crippen LogP contribution in [0.2, 0.25) is 0 Å². The third kappa shape index (κ3) is 3.01. The second-order valence-electron chi connectivity index (χ2n) is 4.29. The summed E-state index contributed by atoms with van der Waals surface area (Å²) < 4.78 is 12.7. The number of nitrogens with one attached hydrogen (secondary N) is 1. The smallest absolute Gasteiger partial charge is 0.123 e. The van der Waals surface area contributed by atoms with Gasteiger partial charge in [0.2, 0.25) is 0 Å². The molecule has 2 rings (SSSR count). The highest BCUT2D eigenvalue weighted by atomic mass is 19.1. The Kier molecular flexibility index (Phi) is 3.34. The molecule has 0 saturated heterocycles. The van der Waals surface area contributed by atoms with E-state index in [0.717, 1.165) is 17.9 Å². The van der Waals surface area contributed by atoms with Crippen molar-refractivity contribution in [2.45, 2.75) is 31.7 Å². The average Bonchev–Trinajstić information content (AvgIpc) is 3.05. The molecule has 3 N–H and O–H groups in total. The van der Waals surface area contributed by atoms with Crippen LogP contribution in [0.5, 0.6) is 0 Å². The lowest BCUT2D eigenvalue weighted by atomic mass is 10.0. The topological polar surface area (TPSA) is 38.0 Å². The highest BCUT2D eigenvalue weighted by Gasteiger charge is 2.22. The van der Waals surface area contributed by atoms with Gasteiger partial charge >= 0.3 is 0 Å². The number of benzene rings is 1. The van der Waals surface area contributed by atoms with E-state index in [1.165, 1.54) is 31.4 Å². The maximum atomic E-state index is 12.7. The first-order valence-electron chi connectivity index (χ1n) is 5.51. The van der Waals surface area contributed by atoms with Crippen LogP contribution in [-0.4, -0.2) is 0 Å². The van der Waals surface area contributed by atoms with Crippen molar-refractivity contribution in [2.75, 3.05) is 0 Å². The summed E-state index contributed by atoms with van der Waals surface area (Å²) in [7, 11) is 0. The van der Waals surface area contributed by atoms with E-state index in [1.54, 1.807) is 12.1 Å². The minimum absolute atomic E-state index is 0.159. The molecule has 3 heteroatoms. The van der Waals surface area contributed by atoms with Crippen LogP contribution in [0.3, 0.4) is 0 Å². The fourth-order valence-electron chi connectivity index (χ4n) is 1.85. The Hall–Kier alpha value is -0.930. The first kappa shape index (κ1) is 10.6. The number of rotatable bonds is 5. The molecule has 1 atom stereocenters. The summed E-state index contributed by atoms with van der Waals surface area (Å²) in [5, 5.41) is 0. The zero-order valence-corrected chi connectivity index (χ0v) is 8.75. The van der Waals surface area contributed by atoms with Crippen molar-refractivity contribution < 1.29 is 4.39 Å². The molecule has 2 nitrogen and oxygen atoms in total. The largest absolute Gasteiger partial charge is 0.271 e. The Morgan fingerprint density at radius 1 is 1.33 bits per heavy atom. The second-order valence-corrected chi connectivity index (χ2v) is 4.29. The fourth-order valence-corrected chi connectivity index (χ4v) is 1.85. The fraction of sp³-hybridized carbons (Fsp3) is 0.500. The van der Waals surface area contributed by atoms with E-state index in [-0.39, 0.29) is 11.9 Å². The normalized spacial score (nSPS) is 17.7. The van der Waals surface area contributed by atoms with Gasteiger partial charge in [-0.05, 0) is 36.5 Å². The molecule has 0 radical (unpaired) electrons. The number of halogens is 1. The Morgan fingerprint density at radius 3 is 2.53 bits per heavy atom. The average molecular weight is 208 g/mol. The van der Waals surface area contributed by atoms with Gasteiger partial charge in [0.25, 0.3) is 0 Å². The molecular weight excluding hydrogens is 191 g/mol. The molecule has 0 aliphatic heterocycles. The van der Waals surface area contributed by atoms with Gasteiger partial charge in [-0.1, -0.05) is 25.0 Å². The Bertz CT molecular complexity index is 306. The van der Waals surface area contributed by atoms with Gasteiger partial charge in [-0.15, -0.1) is 0 Å². The molecule has 15 heavy (non-hydrogen) atoms. The van der Waals surface area contributed by atoms with Crippen molar-refractivity contribution >= 4 is 0 Å². The van der Waals surface area contributed by atoms with Crippen LogP contribution in [0, 0.1) is 11.7 Å². The molecule has 1 saturated carbocycles. The van der Waals surface area contributed by atoms with Gasteiger partial charge in [0.05, 0.1) is 0 Å². The predicted octanol–water partition coefficient (Wildman–Crippen LogP) is 2.52. The van der Waals surface area contributed by atoms with Crippen molar-refractivity contribution in [3.63, 3.8) is 0 Å². The minimum atomic E-state index is -0.197. The Balaban J connectivity index is 1.94. The summed E-state index contributed by atoms with van der Waals surface area (Å²) in [5.41, 5.74) is 3.87. The van der Waals surface area contributed by atoms with Crippen LogP contribution in [0.1, 0.15) is 37.3 Å². The number of nitrogens with two attached hydrogens (primary N) is 1. The van der Waals surface area contributed by atoms with E-state index in [0.29, 0.717) is 0 Å². The predicted molar refractivity (Wildman–Crippen MR) is 58.4 cm³/mol. The number of hydrogen-bond donors (Lipinski definition) is 2. The van der Waals surface area contributed by atoms with E-state index in [4.69, 9.17) is 5.84 Å². The Morgan fingerprint density at radius 2 is 2.00 bits per heavy atom. The molecule has 0 bridgehead atoms. The maximum absolute atomic E-state index is 12.7. The van der Waals surface area contributed by atoms with E-state index in [2.05, 4.69) is 5.43 Å². The summed E-state index contributed by atoms with van der Waals surface area (Å²) in [6.07, 6.45) is 4.97. The highest BCUT2D eigenvalue weighted by Crippen LogP contribution is 2.35. The van der Waals surface area contributed by atoms with Gasteiger partial charge in [-0.3, -0.25) is 11.3 Å². The molecule has 1 unspecified atom stereocenters. The third-order valence-electron chi connectivity index (χ3n) is 3.03. The summed E-state index contributed by atoms with van der Waals surface area (Å²) in [6, 6.07) is 6.72. The second kappa shape index (κ2) is 4.73. The summed E-state index contributed by atoms with van der Waals surface area (Å²) in [6.45, 7) is 0. The first-order chi connectivity index (χ1) is 7.29. The molecular formula is C12H17FN2. The SMILES string of the molecule is NNC(CCC1CC1)c1ccc(F)cc1. The van der Waals surface area contributed by atoms with E-state index < -0.39 is 0 Å². The highest BCUT2D eigenvalue weighted by molar-refractivity contribution is 5.19. The lowest BCUT2D eigenvalue weighted by Gasteiger charge is -2.15. The molecule has 1 aliphatic carbocycles. The maximum Gasteiger partial charge on any atom is 0.123 e. The molecule has 1 fully saturated rings. The van der Waals surface area contributed by atoms with Gasteiger partial charge in [0, 0.05) is 6.04 Å². The molecule has 1 aromatic rings. The first-order valence-corrected chi connectivity index (χ1v) is 5.51. The zero-order valence-electron chi connectivity index (χ0n) is 8.75. The monoisotopic (exact) mass is 208 g/mol. The standard InChI is InChI=1S/C12H17FN2/c13-11-6-4-10(5-7-11)12(15-14)8-3-9-1-2-9/h4-7,9,12,15H,1-3,8,14H2. The lowest BCUT2D eigenvalue weighted by Crippen LogP contribution is -2.28. The Labute approximate surface area is 89.6 Å². The molecule has 82 valence electrons. The zero-order chi connectivity index (χ0) is 10.7. The summed E-state index contributed by atoms with van der Waals surface area (Å²) >= 11 is 0. The van der Waals surface area contributed by atoms with E-state index in [9.17, 15) is 4.39 Å². The van der Waals surface area contributed by atoms with Crippen molar-refractivity contribution in [2.24, 2.45) is 11.8 Å². The molecule has 0 aromatic heterocycles. The van der Waals surface area contributed by atoms with Crippen LogP contribution in [0.25, 0.3) is 0 Å². The van der Waals surface area contributed by atoms with Crippen LogP contribution in [-0.2, 0) is 0 Å². The van der Waals surface area contributed by atoms with Crippen molar-refractivity contribution in [3.05, 3.63) is 35.6 Å². The van der Waals surface area contributed by atoms with Gasteiger partial charge in [-0.25, -0.2) is 4.39 Å². The van der Waals surface area contributed by atoms with Gasteiger partial charge in [0.1, 0.15) is 5.82 Å². The molecule has 1 aliphatic rings. The van der Waals surface area contributed by atoms with Crippen molar-refractivity contribution in [1.82, 2.24) is 5.43 Å². The van der Waals surface area contributed by atoms with Crippen LogP contribution in [0.15, 0.2) is 24.3 Å². The van der Waals surface area contributed by atoms with E-state index in [1.807, 2.05) is 0 Å². The number of hydrogen-bond acceptors (Lipinski definition) is 2. The van der Waals surface area contributed by atoms with Gasteiger partial charge in [-0.2, -0.15) is 0 Å². The molecule has 0 heterocycles. The van der Waals surface area contributed by atoms with Crippen molar-refractivity contribution in [1.29, 1.82) is 0 Å². The van der Waals surface area contributed by atoms with Gasteiger partial charge < -0.3 is 0 Å². The van der Waals surface area contributed by atoms with Gasteiger partial charge in [0.15, 0.2) is 0 Å². The molecule has 0 spiro atoms. The number of hydrazine groups is 1. The van der Waals surface area contributed by atoms with Crippen molar-refractivity contribution in [3.8, 4) is 0 Å². The summed E-state index contributed by atoms with van der Waals surface area (Å²) in [4.78, 5) is 0. The molecule has 1 aromatic carbocycles. The van der Waals surface area contributed by atoms with Crippen LogP contribution < -0.4 is 11.3 Å².